The second-order valence-corrected chi connectivity index (χ2v) is 15.8. The van der Waals surface area contributed by atoms with Crippen LogP contribution in [0.3, 0.4) is 0 Å². The molecule has 2 atom stereocenters. The molecule has 0 radical (unpaired) electrons. The van der Waals surface area contributed by atoms with E-state index in [2.05, 4.69) is 212 Å². The average molecular weight is 756 g/mol. The number of amidine groups is 2. The zero-order chi connectivity index (χ0) is 39.3. The van der Waals surface area contributed by atoms with E-state index in [0.717, 1.165) is 34.5 Å². The van der Waals surface area contributed by atoms with Crippen molar-refractivity contribution in [2.24, 2.45) is 15.9 Å². The van der Waals surface area contributed by atoms with Crippen LogP contribution in [0.1, 0.15) is 41.8 Å². The number of aliphatic imine (C=N–C) groups is 2. The molecule has 0 amide bonds. The highest BCUT2D eigenvalue weighted by Gasteiger charge is 2.24. The molecule has 0 saturated carbocycles. The van der Waals surface area contributed by atoms with Gasteiger partial charge in [0, 0.05) is 11.1 Å². The lowest BCUT2D eigenvalue weighted by atomic mass is 9.87. The van der Waals surface area contributed by atoms with Gasteiger partial charge >= 0.3 is 0 Å². The summed E-state index contributed by atoms with van der Waals surface area (Å²) < 4.78 is 0. The number of nitrogens with zero attached hydrogens (tertiary/aromatic N) is 2. The Hall–Kier alpha value is -7.36. The van der Waals surface area contributed by atoms with Crippen LogP contribution in [0.2, 0.25) is 0 Å². The molecule has 0 bridgehead atoms. The number of rotatable bonds is 6. The van der Waals surface area contributed by atoms with Crippen LogP contribution in [-0.4, -0.2) is 11.7 Å². The van der Waals surface area contributed by atoms with Crippen LogP contribution in [-0.2, 0) is 0 Å². The first-order valence-electron chi connectivity index (χ1n) is 20.6. The Labute approximate surface area is 344 Å². The van der Waals surface area contributed by atoms with Crippen LogP contribution in [0.4, 0.5) is 0 Å². The van der Waals surface area contributed by atoms with E-state index >= 15 is 0 Å². The fraction of sp³-hybridized carbons (Fsp3) is 0.0714. The van der Waals surface area contributed by atoms with E-state index in [1.54, 1.807) is 0 Å². The van der Waals surface area contributed by atoms with Crippen molar-refractivity contribution in [1.29, 1.82) is 0 Å². The van der Waals surface area contributed by atoms with E-state index in [0.29, 0.717) is 11.8 Å². The minimum Gasteiger partial charge on any atom is -0.344 e. The molecular formula is C56H41N3. The van der Waals surface area contributed by atoms with Crippen LogP contribution in [0.5, 0.6) is 0 Å². The van der Waals surface area contributed by atoms with Gasteiger partial charge < -0.3 is 5.32 Å². The van der Waals surface area contributed by atoms with Gasteiger partial charge in [0.25, 0.3) is 0 Å². The average Bonchev–Trinajstić information content (AvgIpc) is 3.31. The summed E-state index contributed by atoms with van der Waals surface area (Å²) in [6.45, 7) is 2.26. The quantitative estimate of drug-likeness (QED) is 0.169. The van der Waals surface area contributed by atoms with E-state index in [4.69, 9.17) is 9.98 Å². The number of hydrogen-bond donors (Lipinski definition) is 1. The monoisotopic (exact) mass is 755 g/mol. The summed E-state index contributed by atoms with van der Waals surface area (Å²) in [6.07, 6.45) is 7.63. The van der Waals surface area contributed by atoms with Gasteiger partial charge in [-0.05, 0) is 107 Å². The Kier molecular flexibility index (Phi) is 8.59. The summed E-state index contributed by atoms with van der Waals surface area (Å²) in [5.41, 5.74) is 10.2. The van der Waals surface area contributed by atoms with Gasteiger partial charge in [-0.1, -0.05) is 195 Å². The van der Waals surface area contributed by atoms with Crippen LogP contribution in [0.15, 0.2) is 210 Å². The standard InChI is InChI=1S/C56H41N3/c1-36-26-28-38(29-27-36)43-19-7-12-25-51(43)56-58-54(39-15-3-2-4-16-39)57-55(59-56)42-18-13-17-41(34-42)53-44-20-6-5-14-37(44)30-32-45(53)40-31-33-50-48-23-9-8-21-46(48)47-22-10-11-24-49(47)52(50)35-40/h2-26,28-36,54H,27H2,1H3,(H,57,58,59). The Morgan fingerprint density at radius 2 is 1.14 bits per heavy atom. The zero-order valence-corrected chi connectivity index (χ0v) is 32.8. The van der Waals surface area contributed by atoms with Gasteiger partial charge in [0.05, 0.1) is 0 Å². The summed E-state index contributed by atoms with van der Waals surface area (Å²) in [5.74, 6) is 2.06. The summed E-state index contributed by atoms with van der Waals surface area (Å²) in [5, 5.41) is 13.8. The highest BCUT2D eigenvalue weighted by atomic mass is 15.2. The summed E-state index contributed by atoms with van der Waals surface area (Å²) >= 11 is 0. The van der Waals surface area contributed by atoms with Crippen LogP contribution in [0, 0.1) is 5.92 Å². The van der Waals surface area contributed by atoms with Gasteiger partial charge in [-0.25, -0.2) is 9.98 Å². The maximum atomic E-state index is 5.34. The third kappa shape index (κ3) is 6.23. The predicted octanol–water partition coefficient (Wildman–Crippen LogP) is 14.1. The predicted molar refractivity (Wildman–Crippen MR) is 250 cm³/mol. The van der Waals surface area contributed by atoms with E-state index in [9.17, 15) is 0 Å². The van der Waals surface area contributed by atoms with E-state index < -0.39 is 0 Å². The molecule has 280 valence electrons. The summed E-state index contributed by atoms with van der Waals surface area (Å²) in [4.78, 5) is 10.6. The minimum atomic E-state index is -0.303. The van der Waals surface area contributed by atoms with Crippen LogP contribution >= 0.6 is 0 Å². The maximum absolute atomic E-state index is 5.34. The van der Waals surface area contributed by atoms with E-state index in [1.807, 2.05) is 0 Å². The normalized spacial score (nSPS) is 16.5. The molecule has 59 heavy (non-hydrogen) atoms. The van der Waals surface area contributed by atoms with Crippen molar-refractivity contribution in [1.82, 2.24) is 5.32 Å². The number of benzene rings is 9. The first kappa shape index (κ1) is 34.9. The third-order valence-corrected chi connectivity index (χ3v) is 12.1. The Morgan fingerprint density at radius 3 is 1.88 bits per heavy atom. The number of hydrogen-bond acceptors (Lipinski definition) is 3. The second-order valence-electron chi connectivity index (χ2n) is 15.8. The number of allylic oxidation sites excluding steroid dienone is 4. The topological polar surface area (TPSA) is 36.8 Å². The highest BCUT2D eigenvalue weighted by molar-refractivity contribution is 6.26. The zero-order valence-electron chi connectivity index (χ0n) is 32.8. The molecule has 3 heteroatoms. The molecule has 3 nitrogen and oxygen atoms in total. The van der Waals surface area contributed by atoms with Crippen molar-refractivity contribution in [3.05, 3.63) is 222 Å². The summed E-state index contributed by atoms with van der Waals surface area (Å²) in [7, 11) is 0. The molecule has 0 saturated heterocycles. The molecule has 0 fully saturated rings. The molecule has 1 heterocycles. The fourth-order valence-electron chi connectivity index (χ4n) is 9.10. The van der Waals surface area contributed by atoms with Crippen molar-refractivity contribution in [2.75, 3.05) is 0 Å². The summed E-state index contributed by atoms with van der Waals surface area (Å²) in [6, 6.07) is 65.8. The molecule has 0 spiro atoms. The molecule has 1 aliphatic carbocycles. The minimum absolute atomic E-state index is 0.303. The maximum Gasteiger partial charge on any atom is 0.159 e. The van der Waals surface area contributed by atoms with Crippen molar-refractivity contribution < 1.29 is 0 Å². The SMILES string of the molecule is CC1C=CC(c2ccccc2C2=NC(c3cccc(-c4c(-c5ccc6c7ccccc7c7ccccc7c6c5)ccc5ccccc45)c3)=NC(c3ccccc3)N2)=CC1. The molecule has 1 aliphatic heterocycles. The first-order valence-corrected chi connectivity index (χ1v) is 20.6. The first-order chi connectivity index (χ1) is 29.2. The molecule has 0 aromatic heterocycles. The lowest BCUT2D eigenvalue weighted by molar-refractivity contribution is 0.674. The van der Waals surface area contributed by atoms with Crippen molar-refractivity contribution in [2.45, 2.75) is 19.5 Å². The van der Waals surface area contributed by atoms with Crippen LogP contribution < -0.4 is 5.32 Å². The highest BCUT2D eigenvalue weighted by Crippen LogP contribution is 2.42. The number of nitrogens with one attached hydrogen (secondary N) is 1. The molecule has 1 N–H and O–H groups in total. The van der Waals surface area contributed by atoms with E-state index in [1.165, 1.54) is 70.9 Å². The van der Waals surface area contributed by atoms with Crippen LogP contribution in [0.25, 0.3) is 70.9 Å². The van der Waals surface area contributed by atoms with Crippen molar-refractivity contribution in [3.8, 4) is 22.3 Å². The van der Waals surface area contributed by atoms with Gasteiger partial charge in [0.2, 0.25) is 0 Å². The Morgan fingerprint density at radius 1 is 0.492 bits per heavy atom. The fourth-order valence-corrected chi connectivity index (χ4v) is 9.10. The van der Waals surface area contributed by atoms with E-state index in [-0.39, 0.29) is 6.17 Å². The molecule has 11 rings (SSSR count). The van der Waals surface area contributed by atoms with Crippen molar-refractivity contribution >= 4 is 60.3 Å². The Bertz CT molecular complexity index is 3200. The van der Waals surface area contributed by atoms with Gasteiger partial charge in [-0.2, -0.15) is 0 Å². The molecule has 2 unspecified atom stereocenters. The van der Waals surface area contributed by atoms with Gasteiger partial charge in [0.15, 0.2) is 5.84 Å². The van der Waals surface area contributed by atoms with Crippen molar-refractivity contribution in [3.63, 3.8) is 0 Å². The smallest absolute Gasteiger partial charge is 0.159 e. The lowest BCUT2D eigenvalue weighted by Gasteiger charge is -2.25. The van der Waals surface area contributed by atoms with Gasteiger partial charge in [-0.3, -0.25) is 0 Å². The number of fused-ring (bicyclic) bond motifs is 7. The molecule has 9 aromatic carbocycles. The molecule has 9 aromatic rings. The lowest BCUT2D eigenvalue weighted by Crippen LogP contribution is -2.34. The third-order valence-electron chi connectivity index (χ3n) is 12.1. The second kappa shape index (κ2) is 14.5. The Balaban J connectivity index is 1.08. The van der Waals surface area contributed by atoms with Gasteiger partial charge in [0.1, 0.15) is 12.0 Å². The van der Waals surface area contributed by atoms with Gasteiger partial charge in [-0.15, -0.1) is 0 Å². The molecule has 2 aliphatic rings. The molecular weight excluding hydrogens is 715 g/mol. The largest absolute Gasteiger partial charge is 0.344 e.